The Bertz CT molecular complexity index is 1360. The molecule has 0 bridgehead atoms. The van der Waals surface area contributed by atoms with Crippen LogP contribution in [0.25, 0.3) is 0 Å². The number of ether oxygens (including phenoxy) is 1. The summed E-state index contributed by atoms with van der Waals surface area (Å²) >= 11 is 0. The maximum absolute atomic E-state index is 13.3. The van der Waals surface area contributed by atoms with Gasteiger partial charge in [0.25, 0.3) is 11.8 Å². The van der Waals surface area contributed by atoms with Gasteiger partial charge in [0, 0.05) is 13.1 Å². The number of furan rings is 1. The van der Waals surface area contributed by atoms with E-state index >= 15 is 0 Å². The molecule has 0 fully saturated rings. The second-order valence-electron chi connectivity index (χ2n) is 8.31. The van der Waals surface area contributed by atoms with Gasteiger partial charge in [0.15, 0.2) is 18.1 Å². The van der Waals surface area contributed by atoms with E-state index in [4.69, 9.17) is 13.6 Å². The van der Waals surface area contributed by atoms with Crippen LogP contribution < -0.4 is 10.1 Å². The number of carbonyl (C=O) groups excluding carboxylic acids is 2. The highest BCUT2D eigenvalue weighted by Crippen LogP contribution is 2.38. The van der Waals surface area contributed by atoms with Crippen LogP contribution in [0.1, 0.15) is 49.7 Å². The number of rotatable bonds is 8. The normalized spacial score (nSPS) is 14.7. The molecule has 1 aliphatic rings. The third-order valence-corrected chi connectivity index (χ3v) is 6.01. The van der Waals surface area contributed by atoms with Crippen LogP contribution >= 0.6 is 0 Å². The summed E-state index contributed by atoms with van der Waals surface area (Å²) in [5.74, 6) is 0.700. The number of oxazole rings is 1. The van der Waals surface area contributed by atoms with E-state index in [0.29, 0.717) is 31.0 Å². The van der Waals surface area contributed by atoms with Gasteiger partial charge in [0.2, 0.25) is 5.89 Å². The fraction of sp³-hybridized carbons (Fsp3) is 0.179. The number of benzene rings is 2. The van der Waals surface area contributed by atoms with Gasteiger partial charge in [0.1, 0.15) is 12.0 Å². The lowest BCUT2D eigenvalue weighted by atomic mass is 9.87. The molecule has 2 aromatic heterocycles. The van der Waals surface area contributed by atoms with Gasteiger partial charge >= 0.3 is 0 Å². The van der Waals surface area contributed by atoms with Crippen LogP contribution in [0.3, 0.4) is 0 Å². The van der Waals surface area contributed by atoms with E-state index in [1.807, 2.05) is 53.4 Å². The monoisotopic (exact) mass is 483 g/mol. The van der Waals surface area contributed by atoms with E-state index in [-0.39, 0.29) is 36.0 Å². The number of aromatic nitrogens is 1. The average Bonchev–Trinajstić information content (AvgIpc) is 3.63. The highest BCUT2D eigenvalue weighted by Gasteiger charge is 2.34. The fourth-order valence-corrected chi connectivity index (χ4v) is 4.32. The zero-order chi connectivity index (χ0) is 24.9. The van der Waals surface area contributed by atoms with Crippen molar-refractivity contribution in [2.45, 2.75) is 19.1 Å². The van der Waals surface area contributed by atoms with Gasteiger partial charge in [-0.2, -0.15) is 0 Å². The van der Waals surface area contributed by atoms with E-state index in [2.05, 4.69) is 16.9 Å². The van der Waals surface area contributed by atoms with E-state index in [0.717, 1.165) is 16.7 Å². The molecule has 0 spiro atoms. The van der Waals surface area contributed by atoms with Crippen molar-refractivity contribution in [3.05, 3.63) is 120 Å². The largest absolute Gasteiger partial charge is 0.484 e. The van der Waals surface area contributed by atoms with Gasteiger partial charge in [-0.05, 0) is 47.4 Å². The summed E-state index contributed by atoms with van der Waals surface area (Å²) in [6, 6.07) is 18.9. The number of hydrogen-bond acceptors (Lipinski definition) is 6. The third kappa shape index (κ3) is 4.79. The lowest BCUT2D eigenvalue weighted by molar-refractivity contribution is 0.0661. The smallest absolute Gasteiger partial charge is 0.290 e. The lowest BCUT2D eigenvalue weighted by Crippen LogP contribution is -2.40. The summed E-state index contributed by atoms with van der Waals surface area (Å²) in [4.78, 5) is 31.4. The number of nitrogens with zero attached hydrogens (tertiary/aromatic N) is 2. The first-order chi connectivity index (χ1) is 17.6. The SMILES string of the molecule is C=CCNC(=O)c1coc(COc2ccc3c(c2)C(c2ccccc2)N(C(=O)c2ccco2)CC3)n1. The van der Waals surface area contributed by atoms with Crippen molar-refractivity contribution in [3.8, 4) is 5.75 Å². The van der Waals surface area contributed by atoms with Crippen LogP contribution in [0.2, 0.25) is 0 Å². The summed E-state index contributed by atoms with van der Waals surface area (Å²) < 4.78 is 16.8. The number of hydrogen-bond donors (Lipinski definition) is 1. The zero-order valence-electron chi connectivity index (χ0n) is 19.6. The Hall–Kier alpha value is -4.59. The first-order valence-corrected chi connectivity index (χ1v) is 11.6. The molecule has 4 aromatic rings. The fourth-order valence-electron chi connectivity index (χ4n) is 4.32. The average molecular weight is 484 g/mol. The predicted octanol–water partition coefficient (Wildman–Crippen LogP) is 4.55. The molecular formula is C28H25N3O5. The minimum absolute atomic E-state index is 0.0541. The van der Waals surface area contributed by atoms with Crippen molar-refractivity contribution in [2.24, 2.45) is 0 Å². The molecule has 2 amide bonds. The zero-order valence-corrected chi connectivity index (χ0v) is 19.6. The molecule has 3 heterocycles. The van der Waals surface area contributed by atoms with Crippen LogP contribution in [-0.4, -0.2) is 34.8 Å². The second kappa shape index (κ2) is 10.4. The lowest BCUT2D eigenvalue weighted by Gasteiger charge is -2.37. The Morgan fingerprint density at radius 3 is 2.78 bits per heavy atom. The van der Waals surface area contributed by atoms with Crippen LogP contribution in [0.5, 0.6) is 5.75 Å². The molecule has 0 aliphatic carbocycles. The highest BCUT2D eigenvalue weighted by atomic mass is 16.5. The Labute approximate surface area is 208 Å². The Morgan fingerprint density at radius 1 is 1.14 bits per heavy atom. The maximum atomic E-state index is 13.3. The van der Waals surface area contributed by atoms with E-state index < -0.39 is 0 Å². The summed E-state index contributed by atoms with van der Waals surface area (Å²) in [7, 11) is 0. The Balaban J connectivity index is 1.39. The van der Waals surface area contributed by atoms with Gasteiger partial charge in [-0.3, -0.25) is 9.59 Å². The summed E-state index contributed by atoms with van der Waals surface area (Å²) in [5, 5.41) is 2.65. The molecule has 2 aromatic carbocycles. The van der Waals surface area contributed by atoms with Crippen LogP contribution in [0, 0.1) is 0 Å². The quantitative estimate of drug-likeness (QED) is 0.369. The number of fused-ring (bicyclic) bond motifs is 1. The molecular weight excluding hydrogens is 458 g/mol. The molecule has 8 nitrogen and oxygen atoms in total. The van der Waals surface area contributed by atoms with Crippen LogP contribution in [-0.2, 0) is 13.0 Å². The van der Waals surface area contributed by atoms with Gasteiger partial charge < -0.3 is 23.8 Å². The van der Waals surface area contributed by atoms with Crippen molar-refractivity contribution in [2.75, 3.05) is 13.1 Å². The van der Waals surface area contributed by atoms with Crippen LogP contribution in [0.15, 0.2) is 94.7 Å². The molecule has 1 unspecified atom stereocenters. The van der Waals surface area contributed by atoms with Gasteiger partial charge in [-0.15, -0.1) is 6.58 Å². The minimum Gasteiger partial charge on any atom is -0.484 e. The van der Waals surface area contributed by atoms with Gasteiger partial charge in [-0.25, -0.2) is 4.98 Å². The molecule has 0 saturated heterocycles. The molecule has 36 heavy (non-hydrogen) atoms. The topological polar surface area (TPSA) is 97.8 Å². The molecule has 1 N–H and O–H groups in total. The van der Waals surface area contributed by atoms with Crippen molar-refractivity contribution >= 4 is 11.8 Å². The summed E-state index contributed by atoms with van der Waals surface area (Å²) in [6.45, 7) is 4.54. The molecule has 8 heteroatoms. The molecule has 0 radical (unpaired) electrons. The maximum Gasteiger partial charge on any atom is 0.290 e. The van der Waals surface area contributed by atoms with E-state index in [9.17, 15) is 9.59 Å². The predicted molar refractivity (Wildman–Crippen MR) is 132 cm³/mol. The van der Waals surface area contributed by atoms with Gasteiger partial charge in [-0.1, -0.05) is 42.5 Å². The molecule has 182 valence electrons. The van der Waals surface area contributed by atoms with Crippen molar-refractivity contribution in [3.63, 3.8) is 0 Å². The molecule has 1 atom stereocenters. The van der Waals surface area contributed by atoms with E-state index in [1.54, 1.807) is 18.2 Å². The molecule has 5 rings (SSSR count). The third-order valence-electron chi connectivity index (χ3n) is 6.01. The Morgan fingerprint density at radius 2 is 2.00 bits per heavy atom. The number of amides is 2. The molecule has 1 aliphatic heterocycles. The van der Waals surface area contributed by atoms with E-state index in [1.165, 1.54) is 12.5 Å². The first kappa shape index (κ1) is 23.2. The number of carbonyl (C=O) groups is 2. The van der Waals surface area contributed by atoms with Crippen molar-refractivity contribution < 1.29 is 23.2 Å². The highest BCUT2D eigenvalue weighted by molar-refractivity contribution is 5.92. The van der Waals surface area contributed by atoms with Crippen LogP contribution in [0.4, 0.5) is 0 Å². The Kier molecular flexibility index (Phi) is 6.66. The summed E-state index contributed by atoms with van der Waals surface area (Å²) in [6.07, 6.45) is 5.11. The minimum atomic E-state index is -0.342. The van der Waals surface area contributed by atoms with Crippen molar-refractivity contribution in [1.82, 2.24) is 15.2 Å². The first-order valence-electron chi connectivity index (χ1n) is 11.6. The van der Waals surface area contributed by atoms with Crippen molar-refractivity contribution in [1.29, 1.82) is 0 Å². The molecule has 0 saturated carbocycles. The van der Waals surface area contributed by atoms with Gasteiger partial charge in [0.05, 0.1) is 12.3 Å². The summed E-state index contributed by atoms with van der Waals surface area (Å²) in [5.41, 5.74) is 3.31. The standard InChI is InChI=1S/C28H25N3O5/c1-2-13-29-27(32)23-17-36-25(30-23)18-35-21-11-10-19-12-14-31(28(33)24-9-6-15-34-24)26(22(19)16-21)20-7-4-3-5-8-20/h2-11,15-17,26H,1,12-14,18H2,(H,29,32). The number of nitrogens with one attached hydrogen (secondary N) is 1. The second-order valence-corrected chi connectivity index (χ2v) is 8.31.